The fourth-order valence-electron chi connectivity index (χ4n) is 2.91. The molecule has 0 unspecified atom stereocenters. The van der Waals surface area contributed by atoms with Crippen molar-refractivity contribution < 1.29 is 0 Å². The quantitative estimate of drug-likeness (QED) is 0.898. The summed E-state index contributed by atoms with van der Waals surface area (Å²) in [5.74, 6) is 0. The van der Waals surface area contributed by atoms with Crippen LogP contribution in [0.1, 0.15) is 24.0 Å². The lowest BCUT2D eigenvalue weighted by atomic mass is 9.86. The van der Waals surface area contributed by atoms with E-state index in [0.29, 0.717) is 0 Å². The molecule has 0 saturated carbocycles. The van der Waals surface area contributed by atoms with Gasteiger partial charge in [0.05, 0.1) is 0 Å². The maximum absolute atomic E-state index is 6.10. The van der Waals surface area contributed by atoms with Gasteiger partial charge in [-0.15, -0.1) is 0 Å². The van der Waals surface area contributed by atoms with Crippen LogP contribution in [0.25, 0.3) is 0 Å². The van der Waals surface area contributed by atoms with Crippen molar-refractivity contribution in [2.45, 2.75) is 31.8 Å². The molecule has 3 nitrogen and oxygen atoms in total. The van der Waals surface area contributed by atoms with Crippen molar-refractivity contribution in [2.75, 3.05) is 33.7 Å². The zero-order chi connectivity index (χ0) is 13.9. The van der Waals surface area contributed by atoms with Crippen molar-refractivity contribution in [2.24, 2.45) is 5.73 Å². The van der Waals surface area contributed by atoms with Gasteiger partial charge in [-0.1, -0.05) is 29.8 Å². The Balaban J connectivity index is 2.04. The van der Waals surface area contributed by atoms with Gasteiger partial charge in [-0.3, -0.25) is 4.90 Å². The van der Waals surface area contributed by atoms with E-state index in [-0.39, 0.29) is 5.54 Å². The maximum atomic E-state index is 6.10. The predicted octanol–water partition coefficient (Wildman–Crippen LogP) is 1.85. The molecule has 1 aromatic rings. The third kappa shape index (κ3) is 3.35. The first-order chi connectivity index (χ1) is 9.05. The van der Waals surface area contributed by atoms with Gasteiger partial charge in [0.25, 0.3) is 0 Å². The molecule has 2 rings (SSSR count). The lowest BCUT2D eigenvalue weighted by Gasteiger charge is -2.46. The van der Waals surface area contributed by atoms with Gasteiger partial charge in [-0.05, 0) is 52.5 Å². The van der Waals surface area contributed by atoms with E-state index in [2.05, 4.69) is 55.1 Å². The molecule has 106 valence electrons. The SMILES string of the molecule is Cc1ccc(CN(C)C2(CN)CCN(C)CC2)cc1. The molecule has 1 fully saturated rings. The molecule has 0 bridgehead atoms. The second kappa shape index (κ2) is 6.04. The number of likely N-dealkylation sites (tertiary alicyclic amines) is 1. The zero-order valence-corrected chi connectivity index (χ0v) is 12.5. The van der Waals surface area contributed by atoms with Gasteiger partial charge in [0.2, 0.25) is 0 Å². The smallest absolute Gasteiger partial charge is 0.0356 e. The maximum Gasteiger partial charge on any atom is 0.0356 e. The third-order valence-corrected chi connectivity index (χ3v) is 4.65. The Morgan fingerprint density at radius 2 is 1.79 bits per heavy atom. The van der Waals surface area contributed by atoms with Crippen LogP contribution in [0.15, 0.2) is 24.3 Å². The van der Waals surface area contributed by atoms with Crippen LogP contribution in [0.3, 0.4) is 0 Å². The van der Waals surface area contributed by atoms with Crippen molar-refractivity contribution in [3.8, 4) is 0 Å². The molecular weight excluding hydrogens is 234 g/mol. The van der Waals surface area contributed by atoms with Gasteiger partial charge in [0.1, 0.15) is 0 Å². The lowest BCUT2D eigenvalue weighted by molar-refractivity contribution is 0.0485. The van der Waals surface area contributed by atoms with Crippen molar-refractivity contribution in [3.63, 3.8) is 0 Å². The van der Waals surface area contributed by atoms with Crippen molar-refractivity contribution >= 4 is 0 Å². The molecule has 0 amide bonds. The fraction of sp³-hybridized carbons (Fsp3) is 0.625. The molecule has 1 aromatic carbocycles. The highest BCUT2D eigenvalue weighted by atomic mass is 15.2. The average molecular weight is 261 g/mol. The number of rotatable bonds is 4. The summed E-state index contributed by atoms with van der Waals surface area (Å²) < 4.78 is 0. The monoisotopic (exact) mass is 261 g/mol. The minimum absolute atomic E-state index is 0.178. The van der Waals surface area contributed by atoms with E-state index in [4.69, 9.17) is 5.73 Å². The molecule has 1 saturated heterocycles. The molecule has 0 atom stereocenters. The van der Waals surface area contributed by atoms with Gasteiger partial charge < -0.3 is 10.6 Å². The van der Waals surface area contributed by atoms with Crippen LogP contribution in [-0.4, -0.2) is 49.1 Å². The van der Waals surface area contributed by atoms with E-state index in [1.165, 1.54) is 24.0 Å². The Hall–Kier alpha value is -0.900. The highest BCUT2D eigenvalue weighted by molar-refractivity contribution is 5.21. The Bertz CT molecular complexity index is 391. The van der Waals surface area contributed by atoms with E-state index in [0.717, 1.165) is 26.2 Å². The van der Waals surface area contributed by atoms with Gasteiger partial charge in [0, 0.05) is 18.6 Å². The first-order valence-electron chi connectivity index (χ1n) is 7.21. The molecule has 19 heavy (non-hydrogen) atoms. The fourth-order valence-corrected chi connectivity index (χ4v) is 2.91. The summed E-state index contributed by atoms with van der Waals surface area (Å²) in [5.41, 5.74) is 8.97. The second-order valence-corrected chi connectivity index (χ2v) is 6.07. The summed E-state index contributed by atoms with van der Waals surface area (Å²) in [6.45, 7) is 6.17. The molecule has 2 N–H and O–H groups in total. The van der Waals surface area contributed by atoms with E-state index >= 15 is 0 Å². The molecule has 0 radical (unpaired) electrons. The molecule has 0 spiro atoms. The van der Waals surface area contributed by atoms with Gasteiger partial charge >= 0.3 is 0 Å². The number of hydrogen-bond donors (Lipinski definition) is 1. The van der Waals surface area contributed by atoms with Crippen LogP contribution >= 0.6 is 0 Å². The Kier molecular flexibility index (Phi) is 4.61. The lowest BCUT2D eigenvalue weighted by Crippen LogP contribution is -2.57. The Morgan fingerprint density at radius 3 is 2.32 bits per heavy atom. The number of aryl methyl sites for hydroxylation is 1. The molecule has 1 aliphatic heterocycles. The van der Waals surface area contributed by atoms with Crippen molar-refractivity contribution in [3.05, 3.63) is 35.4 Å². The molecule has 0 aromatic heterocycles. The summed E-state index contributed by atoms with van der Waals surface area (Å²) in [5, 5.41) is 0. The van der Waals surface area contributed by atoms with Crippen LogP contribution in [-0.2, 0) is 6.54 Å². The normalized spacial score (nSPS) is 19.8. The predicted molar refractivity (Wildman–Crippen MR) is 81.2 cm³/mol. The largest absolute Gasteiger partial charge is 0.329 e. The second-order valence-electron chi connectivity index (χ2n) is 6.07. The van der Waals surface area contributed by atoms with Crippen LogP contribution in [0, 0.1) is 6.92 Å². The van der Waals surface area contributed by atoms with E-state index < -0.39 is 0 Å². The molecule has 1 heterocycles. The van der Waals surface area contributed by atoms with Crippen molar-refractivity contribution in [1.82, 2.24) is 9.80 Å². The van der Waals surface area contributed by atoms with Gasteiger partial charge in [0.15, 0.2) is 0 Å². The van der Waals surface area contributed by atoms with Gasteiger partial charge in [-0.2, -0.15) is 0 Å². The Labute approximate surface area is 117 Å². The van der Waals surface area contributed by atoms with E-state index in [9.17, 15) is 0 Å². The standard InChI is InChI=1S/C16H27N3/c1-14-4-6-15(7-5-14)12-19(3)16(13-17)8-10-18(2)11-9-16/h4-7H,8-13,17H2,1-3H3. The summed E-state index contributed by atoms with van der Waals surface area (Å²) >= 11 is 0. The van der Waals surface area contributed by atoms with Crippen LogP contribution in [0.5, 0.6) is 0 Å². The first kappa shape index (κ1) is 14.5. The van der Waals surface area contributed by atoms with E-state index in [1.54, 1.807) is 0 Å². The number of piperidine rings is 1. The number of nitrogens with zero attached hydrogens (tertiary/aromatic N) is 2. The highest BCUT2D eigenvalue weighted by Gasteiger charge is 2.35. The Morgan fingerprint density at radius 1 is 1.21 bits per heavy atom. The van der Waals surface area contributed by atoms with Crippen molar-refractivity contribution in [1.29, 1.82) is 0 Å². The molecule has 3 heteroatoms. The molecular formula is C16H27N3. The number of likely N-dealkylation sites (N-methyl/N-ethyl adjacent to an activating group) is 1. The minimum Gasteiger partial charge on any atom is -0.329 e. The minimum atomic E-state index is 0.178. The average Bonchev–Trinajstić information content (AvgIpc) is 2.42. The molecule has 1 aliphatic rings. The topological polar surface area (TPSA) is 32.5 Å². The van der Waals surface area contributed by atoms with E-state index in [1.807, 2.05) is 0 Å². The number of benzene rings is 1. The first-order valence-corrected chi connectivity index (χ1v) is 7.21. The highest BCUT2D eigenvalue weighted by Crippen LogP contribution is 2.27. The van der Waals surface area contributed by atoms with Crippen LogP contribution in [0.4, 0.5) is 0 Å². The number of nitrogens with two attached hydrogens (primary N) is 1. The van der Waals surface area contributed by atoms with Crippen LogP contribution < -0.4 is 5.73 Å². The van der Waals surface area contributed by atoms with Crippen LogP contribution in [0.2, 0.25) is 0 Å². The summed E-state index contributed by atoms with van der Waals surface area (Å²) in [6.07, 6.45) is 2.34. The summed E-state index contributed by atoms with van der Waals surface area (Å²) in [6, 6.07) is 8.83. The van der Waals surface area contributed by atoms with Gasteiger partial charge in [-0.25, -0.2) is 0 Å². The summed E-state index contributed by atoms with van der Waals surface area (Å²) in [4.78, 5) is 4.86. The molecule has 0 aliphatic carbocycles. The third-order valence-electron chi connectivity index (χ3n) is 4.65. The number of hydrogen-bond acceptors (Lipinski definition) is 3. The zero-order valence-electron chi connectivity index (χ0n) is 12.5. The summed E-state index contributed by atoms with van der Waals surface area (Å²) in [7, 11) is 4.42.